The Hall–Kier alpha value is -1.71. The van der Waals surface area contributed by atoms with Gasteiger partial charge < -0.3 is 4.74 Å². The molecule has 0 saturated carbocycles. The summed E-state index contributed by atoms with van der Waals surface area (Å²) in [5.74, 6) is -0.804. The van der Waals surface area contributed by atoms with Gasteiger partial charge in [0.15, 0.2) is 11.6 Å². The first-order valence-electron chi connectivity index (χ1n) is 5.68. The first-order valence-corrected chi connectivity index (χ1v) is 5.68. The van der Waals surface area contributed by atoms with Gasteiger partial charge in [0.25, 0.3) is 0 Å². The summed E-state index contributed by atoms with van der Waals surface area (Å²) >= 11 is 0. The van der Waals surface area contributed by atoms with E-state index >= 15 is 0 Å². The van der Waals surface area contributed by atoms with Gasteiger partial charge in [-0.15, -0.1) is 0 Å². The molecule has 0 aliphatic rings. The maximum atomic E-state index is 13.5. The number of halogens is 1. The van der Waals surface area contributed by atoms with Crippen molar-refractivity contribution in [1.82, 2.24) is 0 Å². The van der Waals surface area contributed by atoms with Crippen LogP contribution in [0.4, 0.5) is 4.39 Å². The highest BCUT2D eigenvalue weighted by Crippen LogP contribution is 2.19. The van der Waals surface area contributed by atoms with Crippen LogP contribution in [0.5, 0.6) is 5.75 Å². The highest BCUT2D eigenvalue weighted by Gasteiger charge is 2.21. The lowest BCUT2D eigenvalue weighted by molar-refractivity contribution is -0.128. The zero-order valence-corrected chi connectivity index (χ0v) is 11.0. The van der Waals surface area contributed by atoms with Crippen LogP contribution in [0.1, 0.15) is 38.1 Å². The normalized spacial score (nSPS) is 11.2. The largest absolute Gasteiger partial charge is 0.486 e. The summed E-state index contributed by atoms with van der Waals surface area (Å²) < 4.78 is 18.7. The van der Waals surface area contributed by atoms with Crippen LogP contribution in [0.3, 0.4) is 0 Å². The minimum Gasteiger partial charge on any atom is -0.486 e. The fourth-order valence-corrected chi connectivity index (χ4v) is 1.24. The van der Waals surface area contributed by atoms with Crippen molar-refractivity contribution in [3.05, 3.63) is 29.6 Å². The molecule has 0 radical (unpaired) electrons. The average molecular weight is 252 g/mol. The van der Waals surface area contributed by atoms with E-state index in [1.807, 2.05) is 0 Å². The lowest BCUT2D eigenvalue weighted by Gasteiger charge is -2.16. The first-order chi connectivity index (χ1) is 8.21. The third-order valence-corrected chi connectivity index (χ3v) is 2.53. The molecule has 0 aromatic heterocycles. The van der Waals surface area contributed by atoms with E-state index in [1.54, 1.807) is 20.8 Å². The van der Waals surface area contributed by atoms with Crippen molar-refractivity contribution in [2.24, 2.45) is 5.41 Å². The van der Waals surface area contributed by atoms with Gasteiger partial charge in [0, 0.05) is 11.5 Å². The van der Waals surface area contributed by atoms with E-state index in [2.05, 4.69) is 0 Å². The maximum absolute atomic E-state index is 13.5. The van der Waals surface area contributed by atoms with E-state index in [1.165, 1.54) is 19.1 Å². The minimum atomic E-state index is -0.636. The van der Waals surface area contributed by atoms with Gasteiger partial charge in [-0.3, -0.25) is 9.59 Å². The van der Waals surface area contributed by atoms with Crippen LogP contribution in [-0.4, -0.2) is 18.2 Å². The van der Waals surface area contributed by atoms with Crippen LogP contribution in [0.2, 0.25) is 0 Å². The van der Waals surface area contributed by atoms with Crippen molar-refractivity contribution in [2.75, 3.05) is 6.61 Å². The Kier molecular flexibility index (Phi) is 4.22. The van der Waals surface area contributed by atoms with Crippen molar-refractivity contribution in [3.8, 4) is 5.75 Å². The van der Waals surface area contributed by atoms with Gasteiger partial charge in [0.05, 0.1) is 5.56 Å². The molecule has 0 spiro atoms. The molecule has 0 unspecified atom stereocenters. The Labute approximate surface area is 106 Å². The van der Waals surface area contributed by atoms with E-state index in [9.17, 15) is 14.0 Å². The molecule has 0 bridgehead atoms. The van der Waals surface area contributed by atoms with Crippen LogP contribution in [0.15, 0.2) is 18.2 Å². The number of carbonyl (C=O) groups excluding carboxylic acids is 2. The van der Waals surface area contributed by atoms with Crippen molar-refractivity contribution in [1.29, 1.82) is 0 Å². The van der Waals surface area contributed by atoms with Crippen molar-refractivity contribution in [3.63, 3.8) is 0 Å². The van der Waals surface area contributed by atoms with Crippen LogP contribution in [-0.2, 0) is 4.79 Å². The summed E-state index contributed by atoms with van der Waals surface area (Å²) in [7, 11) is 0. The number of hydrogen-bond donors (Lipinski definition) is 0. The van der Waals surface area contributed by atoms with Gasteiger partial charge in [-0.2, -0.15) is 0 Å². The number of hydrogen-bond acceptors (Lipinski definition) is 3. The van der Waals surface area contributed by atoms with Crippen molar-refractivity contribution in [2.45, 2.75) is 27.7 Å². The van der Waals surface area contributed by atoms with Crippen LogP contribution < -0.4 is 4.74 Å². The molecule has 0 N–H and O–H groups in total. The van der Waals surface area contributed by atoms with Gasteiger partial charge >= 0.3 is 0 Å². The minimum absolute atomic E-state index is 0.0181. The summed E-state index contributed by atoms with van der Waals surface area (Å²) in [4.78, 5) is 22.7. The van der Waals surface area contributed by atoms with Crippen LogP contribution >= 0.6 is 0 Å². The van der Waals surface area contributed by atoms with Crippen molar-refractivity contribution < 1.29 is 18.7 Å². The number of benzene rings is 1. The van der Waals surface area contributed by atoms with Gasteiger partial charge in [0.1, 0.15) is 18.2 Å². The summed E-state index contributed by atoms with van der Waals surface area (Å²) in [6.45, 7) is 6.55. The number of ether oxygens (including phenoxy) is 1. The van der Waals surface area contributed by atoms with E-state index in [-0.39, 0.29) is 29.5 Å². The molecule has 0 aliphatic carbocycles. The Bertz CT molecular complexity index is 472. The lowest BCUT2D eigenvalue weighted by atomic mass is 9.91. The maximum Gasteiger partial charge on any atom is 0.175 e. The molecule has 0 heterocycles. The molecule has 1 aromatic rings. The lowest BCUT2D eigenvalue weighted by Crippen LogP contribution is -2.26. The monoisotopic (exact) mass is 252 g/mol. The zero-order chi connectivity index (χ0) is 13.9. The second-order valence-corrected chi connectivity index (χ2v) is 5.16. The molecule has 18 heavy (non-hydrogen) atoms. The first kappa shape index (κ1) is 14.4. The smallest absolute Gasteiger partial charge is 0.175 e. The summed E-state index contributed by atoms with van der Waals surface area (Å²) in [5.41, 5.74) is -0.470. The predicted molar refractivity (Wildman–Crippen MR) is 66.4 cm³/mol. The van der Waals surface area contributed by atoms with Gasteiger partial charge in [-0.25, -0.2) is 4.39 Å². The number of Topliss-reactive ketones (excluding diaryl/α,β-unsaturated/α-hetero) is 2. The second-order valence-electron chi connectivity index (χ2n) is 5.16. The molecule has 0 saturated heterocycles. The fraction of sp³-hybridized carbons (Fsp3) is 0.429. The Morgan fingerprint density at radius 3 is 2.33 bits per heavy atom. The third-order valence-electron chi connectivity index (χ3n) is 2.53. The SMILES string of the molecule is CC(=O)c1ccc(OCC(=O)C(C)(C)C)cc1F. The number of carbonyl (C=O) groups is 2. The molecular weight excluding hydrogens is 235 g/mol. The highest BCUT2D eigenvalue weighted by molar-refractivity contribution is 5.94. The third kappa shape index (κ3) is 3.65. The van der Waals surface area contributed by atoms with E-state index in [0.717, 1.165) is 6.07 Å². The average Bonchev–Trinajstić information content (AvgIpc) is 2.24. The van der Waals surface area contributed by atoms with E-state index < -0.39 is 11.2 Å². The summed E-state index contributed by atoms with van der Waals surface area (Å²) in [6, 6.07) is 3.96. The Morgan fingerprint density at radius 1 is 1.28 bits per heavy atom. The molecule has 3 nitrogen and oxygen atoms in total. The molecule has 4 heteroatoms. The number of ketones is 2. The standard InChI is InChI=1S/C14H17FO3/c1-9(16)11-6-5-10(7-12(11)15)18-8-13(17)14(2,3)4/h5-7H,8H2,1-4H3. The molecule has 98 valence electrons. The molecule has 0 amide bonds. The van der Waals surface area contributed by atoms with Crippen LogP contribution in [0, 0.1) is 11.2 Å². The summed E-state index contributed by atoms with van der Waals surface area (Å²) in [6.07, 6.45) is 0. The van der Waals surface area contributed by atoms with Gasteiger partial charge in [0.2, 0.25) is 0 Å². The highest BCUT2D eigenvalue weighted by atomic mass is 19.1. The molecule has 0 fully saturated rings. The van der Waals surface area contributed by atoms with Crippen molar-refractivity contribution >= 4 is 11.6 Å². The van der Waals surface area contributed by atoms with Gasteiger partial charge in [-0.1, -0.05) is 20.8 Å². The van der Waals surface area contributed by atoms with E-state index in [4.69, 9.17) is 4.74 Å². The second kappa shape index (κ2) is 5.29. The Balaban J connectivity index is 2.73. The quantitative estimate of drug-likeness (QED) is 0.774. The summed E-state index contributed by atoms with van der Waals surface area (Å²) in [5, 5.41) is 0. The predicted octanol–water partition coefficient (Wildman–Crippen LogP) is 3.02. The molecule has 1 rings (SSSR count). The molecule has 0 atom stereocenters. The molecule has 1 aromatic carbocycles. The van der Waals surface area contributed by atoms with E-state index in [0.29, 0.717) is 0 Å². The Morgan fingerprint density at radius 2 is 1.89 bits per heavy atom. The molecule has 0 aliphatic heterocycles. The topological polar surface area (TPSA) is 43.4 Å². The molecular formula is C14H17FO3. The zero-order valence-electron chi connectivity index (χ0n) is 11.0. The van der Waals surface area contributed by atoms with Gasteiger partial charge in [-0.05, 0) is 19.1 Å². The number of rotatable bonds is 4. The van der Waals surface area contributed by atoms with Crippen LogP contribution in [0.25, 0.3) is 0 Å². The fourth-order valence-electron chi connectivity index (χ4n) is 1.24.